The Morgan fingerprint density at radius 1 is 0.923 bits per heavy atom. The summed E-state index contributed by atoms with van der Waals surface area (Å²) in [4.78, 5) is 11.8. The van der Waals surface area contributed by atoms with Crippen LogP contribution in [0.15, 0.2) is 60.7 Å². The van der Waals surface area contributed by atoms with Gasteiger partial charge in [0.25, 0.3) is 0 Å². The van der Waals surface area contributed by atoms with E-state index in [1.54, 1.807) is 12.1 Å². The highest BCUT2D eigenvalue weighted by Gasteiger charge is 2.16. The molecule has 3 aromatic rings. The molecule has 1 aromatic heterocycles. The monoisotopic (exact) mass is 341 g/mol. The molecule has 2 heterocycles. The van der Waals surface area contributed by atoms with E-state index in [1.807, 2.05) is 48.5 Å². The zero-order chi connectivity index (χ0) is 17.8. The zero-order valence-corrected chi connectivity index (χ0v) is 14.4. The minimum absolute atomic E-state index is 0.640. The summed E-state index contributed by atoms with van der Waals surface area (Å²) >= 11 is 0. The van der Waals surface area contributed by atoms with Crippen LogP contribution in [0.1, 0.15) is 18.4 Å². The molecule has 4 rings (SSSR count). The van der Waals surface area contributed by atoms with Crippen molar-refractivity contribution in [1.82, 2.24) is 9.97 Å². The lowest BCUT2D eigenvalue weighted by atomic mass is 10.2. The first-order valence-electron chi connectivity index (χ1n) is 8.78. The maximum atomic E-state index is 8.94. The molecule has 1 fully saturated rings. The van der Waals surface area contributed by atoms with Crippen LogP contribution in [0.5, 0.6) is 0 Å². The maximum absolute atomic E-state index is 8.94. The molecule has 0 aliphatic carbocycles. The van der Waals surface area contributed by atoms with Crippen molar-refractivity contribution in [2.45, 2.75) is 12.8 Å². The van der Waals surface area contributed by atoms with Crippen LogP contribution in [0.3, 0.4) is 0 Å². The van der Waals surface area contributed by atoms with Gasteiger partial charge in [-0.15, -0.1) is 0 Å². The molecule has 1 saturated heterocycles. The number of nitrogens with one attached hydrogen (secondary N) is 1. The number of hydrogen-bond acceptors (Lipinski definition) is 5. The van der Waals surface area contributed by atoms with Crippen molar-refractivity contribution in [3.63, 3.8) is 0 Å². The quantitative estimate of drug-likeness (QED) is 0.764. The van der Waals surface area contributed by atoms with Crippen molar-refractivity contribution in [2.75, 3.05) is 23.3 Å². The van der Waals surface area contributed by atoms with Crippen LogP contribution >= 0.6 is 0 Å². The van der Waals surface area contributed by atoms with Crippen LogP contribution in [0.4, 0.5) is 17.3 Å². The number of benzene rings is 2. The first-order chi connectivity index (χ1) is 12.8. The van der Waals surface area contributed by atoms with Crippen LogP contribution in [0, 0.1) is 11.3 Å². The standard InChI is InChI=1S/C21H19N5/c22-15-16-8-10-18(11-9-16)23-19-14-20(26-12-4-5-13-26)25-21(24-19)17-6-2-1-3-7-17/h1-3,6-11,14H,4-5,12-13H2,(H,23,24,25). The van der Waals surface area contributed by atoms with E-state index in [1.165, 1.54) is 12.8 Å². The number of rotatable bonds is 4. The molecule has 128 valence electrons. The summed E-state index contributed by atoms with van der Waals surface area (Å²) in [5.41, 5.74) is 2.53. The normalized spacial score (nSPS) is 13.4. The molecule has 0 unspecified atom stereocenters. The Labute approximate surface area is 153 Å². The Morgan fingerprint density at radius 2 is 1.65 bits per heavy atom. The van der Waals surface area contributed by atoms with Gasteiger partial charge in [-0.25, -0.2) is 9.97 Å². The van der Waals surface area contributed by atoms with Gasteiger partial charge in [0.15, 0.2) is 5.82 Å². The average Bonchev–Trinajstić information content (AvgIpc) is 3.24. The van der Waals surface area contributed by atoms with Gasteiger partial charge in [0.05, 0.1) is 11.6 Å². The van der Waals surface area contributed by atoms with Gasteiger partial charge in [-0.05, 0) is 37.1 Å². The Kier molecular flexibility index (Phi) is 4.48. The highest BCUT2D eigenvalue weighted by Crippen LogP contribution is 2.26. The van der Waals surface area contributed by atoms with Gasteiger partial charge in [0.2, 0.25) is 0 Å². The minimum atomic E-state index is 0.640. The van der Waals surface area contributed by atoms with Crippen molar-refractivity contribution >= 4 is 17.3 Å². The third-order valence-electron chi connectivity index (χ3n) is 4.46. The van der Waals surface area contributed by atoms with Gasteiger partial charge in [0, 0.05) is 30.4 Å². The van der Waals surface area contributed by atoms with Crippen molar-refractivity contribution in [2.24, 2.45) is 0 Å². The Bertz CT molecular complexity index is 923. The van der Waals surface area contributed by atoms with Gasteiger partial charge in [-0.2, -0.15) is 5.26 Å². The SMILES string of the molecule is N#Cc1ccc(Nc2cc(N3CCCC3)nc(-c3ccccc3)n2)cc1. The van der Waals surface area contributed by atoms with E-state index < -0.39 is 0 Å². The van der Waals surface area contributed by atoms with Crippen LogP contribution < -0.4 is 10.2 Å². The second-order valence-corrected chi connectivity index (χ2v) is 6.31. The lowest BCUT2D eigenvalue weighted by molar-refractivity contribution is 0.931. The highest BCUT2D eigenvalue weighted by molar-refractivity contribution is 5.66. The summed E-state index contributed by atoms with van der Waals surface area (Å²) in [5.74, 6) is 2.42. The fourth-order valence-electron chi connectivity index (χ4n) is 3.10. The smallest absolute Gasteiger partial charge is 0.163 e. The van der Waals surface area contributed by atoms with Gasteiger partial charge in [-0.1, -0.05) is 30.3 Å². The Hall–Kier alpha value is -3.39. The second-order valence-electron chi connectivity index (χ2n) is 6.31. The summed E-state index contributed by atoms with van der Waals surface area (Å²) in [6, 6.07) is 21.5. The van der Waals surface area contributed by atoms with Crippen molar-refractivity contribution in [3.05, 3.63) is 66.2 Å². The lowest BCUT2D eigenvalue weighted by Crippen LogP contribution is -2.19. The Morgan fingerprint density at radius 3 is 2.35 bits per heavy atom. The number of nitrogens with zero attached hydrogens (tertiary/aromatic N) is 4. The number of hydrogen-bond donors (Lipinski definition) is 1. The lowest BCUT2D eigenvalue weighted by Gasteiger charge is -2.18. The molecule has 5 nitrogen and oxygen atoms in total. The molecule has 5 heteroatoms. The molecule has 0 amide bonds. The maximum Gasteiger partial charge on any atom is 0.163 e. The van der Waals surface area contributed by atoms with Crippen LogP contribution in [-0.2, 0) is 0 Å². The van der Waals surface area contributed by atoms with Gasteiger partial charge < -0.3 is 10.2 Å². The van der Waals surface area contributed by atoms with E-state index in [4.69, 9.17) is 15.2 Å². The fourth-order valence-corrected chi connectivity index (χ4v) is 3.10. The first kappa shape index (κ1) is 16.1. The fraction of sp³-hybridized carbons (Fsp3) is 0.190. The third-order valence-corrected chi connectivity index (χ3v) is 4.46. The van der Waals surface area contributed by atoms with Crippen LogP contribution in [0.2, 0.25) is 0 Å². The van der Waals surface area contributed by atoms with Gasteiger partial charge in [0.1, 0.15) is 11.6 Å². The van der Waals surface area contributed by atoms with E-state index in [0.717, 1.165) is 36.0 Å². The van der Waals surface area contributed by atoms with Crippen molar-refractivity contribution in [1.29, 1.82) is 5.26 Å². The molecule has 1 aliphatic rings. The summed E-state index contributed by atoms with van der Waals surface area (Å²) in [5, 5.41) is 12.3. The van der Waals surface area contributed by atoms with Crippen LogP contribution in [0.25, 0.3) is 11.4 Å². The molecule has 0 spiro atoms. The van der Waals surface area contributed by atoms with E-state index in [0.29, 0.717) is 11.4 Å². The highest BCUT2D eigenvalue weighted by atomic mass is 15.2. The molecule has 0 radical (unpaired) electrons. The Balaban J connectivity index is 1.70. The predicted molar refractivity (Wildman–Crippen MR) is 103 cm³/mol. The molecule has 1 N–H and O–H groups in total. The average molecular weight is 341 g/mol. The number of aromatic nitrogens is 2. The molecular weight excluding hydrogens is 322 g/mol. The number of anilines is 3. The van der Waals surface area contributed by atoms with Crippen molar-refractivity contribution in [3.8, 4) is 17.5 Å². The summed E-state index contributed by atoms with van der Waals surface area (Å²) in [6.07, 6.45) is 2.39. The summed E-state index contributed by atoms with van der Waals surface area (Å²) in [7, 11) is 0. The predicted octanol–water partition coefficient (Wildman–Crippen LogP) is 4.36. The topological polar surface area (TPSA) is 64.8 Å². The molecule has 2 aromatic carbocycles. The zero-order valence-electron chi connectivity index (χ0n) is 14.4. The first-order valence-corrected chi connectivity index (χ1v) is 8.78. The minimum Gasteiger partial charge on any atom is -0.356 e. The molecule has 0 saturated carbocycles. The molecule has 0 atom stereocenters. The second kappa shape index (κ2) is 7.24. The van der Waals surface area contributed by atoms with E-state index >= 15 is 0 Å². The number of nitriles is 1. The van der Waals surface area contributed by atoms with Crippen molar-refractivity contribution < 1.29 is 0 Å². The van der Waals surface area contributed by atoms with E-state index in [-0.39, 0.29) is 0 Å². The molecule has 0 bridgehead atoms. The molecular formula is C21H19N5. The third kappa shape index (κ3) is 3.50. The van der Waals surface area contributed by atoms with Gasteiger partial charge in [-0.3, -0.25) is 0 Å². The molecule has 1 aliphatic heterocycles. The van der Waals surface area contributed by atoms with Crippen LogP contribution in [-0.4, -0.2) is 23.1 Å². The molecule has 26 heavy (non-hydrogen) atoms. The van der Waals surface area contributed by atoms with E-state index in [2.05, 4.69) is 16.3 Å². The largest absolute Gasteiger partial charge is 0.356 e. The van der Waals surface area contributed by atoms with E-state index in [9.17, 15) is 0 Å². The van der Waals surface area contributed by atoms with Gasteiger partial charge >= 0.3 is 0 Å². The summed E-state index contributed by atoms with van der Waals surface area (Å²) in [6.45, 7) is 2.06. The summed E-state index contributed by atoms with van der Waals surface area (Å²) < 4.78 is 0.